The van der Waals surface area contributed by atoms with E-state index in [1.54, 1.807) is 36.4 Å². The molecule has 27 heavy (non-hydrogen) atoms. The molecule has 0 aliphatic carbocycles. The summed E-state index contributed by atoms with van der Waals surface area (Å²) >= 11 is 0. The number of nitrogens with one attached hydrogen (secondary N) is 1. The Bertz CT molecular complexity index is 947. The molecule has 0 unspecified atom stereocenters. The molecule has 0 fully saturated rings. The maximum atomic E-state index is 9.26. The van der Waals surface area contributed by atoms with Crippen LogP contribution in [-0.4, -0.2) is 44.6 Å². The summed E-state index contributed by atoms with van der Waals surface area (Å²) in [6.45, 7) is 2.28. The SMILES string of the molecule is COC[C@H](C)Oc1cc(-c2cnc(Nc3cnn(C)c3)nc2)ncc1C#N. The van der Waals surface area contributed by atoms with Gasteiger partial charge in [0.05, 0.1) is 24.2 Å². The third-order valence-electron chi connectivity index (χ3n) is 3.62. The Morgan fingerprint density at radius 1 is 1.22 bits per heavy atom. The van der Waals surface area contributed by atoms with Crippen molar-refractivity contribution < 1.29 is 9.47 Å². The van der Waals surface area contributed by atoms with Crippen molar-refractivity contribution in [1.29, 1.82) is 5.26 Å². The van der Waals surface area contributed by atoms with Crippen molar-refractivity contribution in [3.05, 3.63) is 42.6 Å². The van der Waals surface area contributed by atoms with Gasteiger partial charge < -0.3 is 14.8 Å². The summed E-state index contributed by atoms with van der Waals surface area (Å²) in [7, 11) is 3.43. The third-order valence-corrected chi connectivity index (χ3v) is 3.62. The van der Waals surface area contributed by atoms with Gasteiger partial charge >= 0.3 is 0 Å². The number of rotatable bonds is 7. The van der Waals surface area contributed by atoms with Gasteiger partial charge in [-0.05, 0) is 6.92 Å². The minimum absolute atomic E-state index is 0.195. The van der Waals surface area contributed by atoms with Crippen LogP contribution in [-0.2, 0) is 11.8 Å². The standard InChI is InChI=1S/C18H19N7O2/c1-12(11-26-3)27-17-4-16(20-6-13(17)5-19)14-7-21-18(22-8-14)24-15-9-23-25(2)10-15/h4,6-10,12H,11H2,1-3H3,(H,21,22,24)/t12-/m0/s1. The van der Waals surface area contributed by atoms with E-state index in [1.165, 1.54) is 6.20 Å². The van der Waals surface area contributed by atoms with Crippen molar-refractivity contribution in [2.45, 2.75) is 13.0 Å². The number of aromatic nitrogens is 5. The predicted octanol–water partition coefficient (Wildman–Crippen LogP) is 2.30. The quantitative estimate of drug-likeness (QED) is 0.679. The van der Waals surface area contributed by atoms with Gasteiger partial charge in [-0.3, -0.25) is 9.67 Å². The van der Waals surface area contributed by atoms with Gasteiger partial charge in [0.25, 0.3) is 0 Å². The lowest BCUT2D eigenvalue weighted by molar-refractivity contribution is 0.0918. The molecule has 0 aliphatic rings. The molecule has 1 N–H and O–H groups in total. The first-order chi connectivity index (χ1) is 13.1. The second kappa shape index (κ2) is 8.25. The second-order valence-electron chi connectivity index (χ2n) is 5.88. The Morgan fingerprint density at radius 2 is 2.00 bits per heavy atom. The monoisotopic (exact) mass is 365 g/mol. The van der Waals surface area contributed by atoms with Crippen LogP contribution in [0.2, 0.25) is 0 Å². The zero-order chi connectivity index (χ0) is 19.2. The minimum atomic E-state index is -0.195. The summed E-state index contributed by atoms with van der Waals surface area (Å²) in [6, 6.07) is 3.79. The number of nitriles is 1. The summed E-state index contributed by atoms with van der Waals surface area (Å²) in [5, 5.41) is 16.4. The minimum Gasteiger partial charge on any atom is -0.487 e. The lowest BCUT2D eigenvalue weighted by Crippen LogP contribution is -2.18. The lowest BCUT2D eigenvalue weighted by Gasteiger charge is -2.15. The summed E-state index contributed by atoms with van der Waals surface area (Å²) < 4.78 is 12.5. The van der Waals surface area contributed by atoms with Crippen molar-refractivity contribution in [3.63, 3.8) is 0 Å². The molecule has 138 valence electrons. The lowest BCUT2D eigenvalue weighted by atomic mass is 10.2. The van der Waals surface area contributed by atoms with Crippen LogP contribution in [0.1, 0.15) is 12.5 Å². The summed E-state index contributed by atoms with van der Waals surface area (Å²) in [5.41, 5.74) is 2.48. The topological polar surface area (TPSA) is 111 Å². The Labute approximate surface area is 156 Å². The third kappa shape index (κ3) is 4.56. The van der Waals surface area contributed by atoms with Gasteiger partial charge in [0.15, 0.2) is 0 Å². The number of pyridine rings is 1. The first-order valence-electron chi connectivity index (χ1n) is 8.23. The predicted molar refractivity (Wildman–Crippen MR) is 98.4 cm³/mol. The summed E-state index contributed by atoms with van der Waals surface area (Å²) in [4.78, 5) is 12.9. The summed E-state index contributed by atoms with van der Waals surface area (Å²) in [5.74, 6) is 0.898. The Hall–Kier alpha value is -3.51. The van der Waals surface area contributed by atoms with E-state index in [-0.39, 0.29) is 6.10 Å². The van der Waals surface area contributed by atoms with E-state index in [4.69, 9.17) is 9.47 Å². The maximum absolute atomic E-state index is 9.26. The van der Waals surface area contributed by atoms with Crippen LogP contribution < -0.4 is 10.1 Å². The fourth-order valence-electron chi connectivity index (χ4n) is 2.40. The van der Waals surface area contributed by atoms with Gasteiger partial charge in [-0.2, -0.15) is 10.4 Å². The van der Waals surface area contributed by atoms with Crippen LogP contribution in [0.15, 0.2) is 37.1 Å². The zero-order valence-corrected chi connectivity index (χ0v) is 15.2. The van der Waals surface area contributed by atoms with Crippen molar-refractivity contribution in [3.8, 4) is 23.1 Å². The highest BCUT2D eigenvalue weighted by atomic mass is 16.5. The number of aryl methyl sites for hydroxylation is 1. The largest absolute Gasteiger partial charge is 0.487 e. The maximum Gasteiger partial charge on any atom is 0.227 e. The Morgan fingerprint density at radius 3 is 2.63 bits per heavy atom. The van der Waals surface area contributed by atoms with Gasteiger partial charge in [0.1, 0.15) is 23.5 Å². The van der Waals surface area contributed by atoms with Crippen molar-refractivity contribution in [1.82, 2.24) is 24.7 Å². The van der Waals surface area contributed by atoms with E-state index in [0.717, 1.165) is 5.69 Å². The fraction of sp³-hybridized carbons (Fsp3) is 0.278. The van der Waals surface area contributed by atoms with Crippen molar-refractivity contribution in [2.24, 2.45) is 7.05 Å². The van der Waals surface area contributed by atoms with E-state index in [0.29, 0.717) is 35.1 Å². The van der Waals surface area contributed by atoms with Crippen molar-refractivity contribution >= 4 is 11.6 Å². The van der Waals surface area contributed by atoms with Gasteiger partial charge in [0, 0.05) is 50.6 Å². The van der Waals surface area contributed by atoms with Gasteiger partial charge in [-0.15, -0.1) is 0 Å². The van der Waals surface area contributed by atoms with Crippen LogP contribution in [0.25, 0.3) is 11.3 Å². The van der Waals surface area contributed by atoms with E-state index < -0.39 is 0 Å². The number of hydrogen-bond donors (Lipinski definition) is 1. The van der Waals surface area contributed by atoms with Crippen LogP contribution in [0.3, 0.4) is 0 Å². The highest BCUT2D eigenvalue weighted by molar-refractivity contribution is 5.62. The molecule has 0 aromatic carbocycles. The highest BCUT2D eigenvalue weighted by Gasteiger charge is 2.12. The molecule has 1 atom stereocenters. The smallest absolute Gasteiger partial charge is 0.227 e. The molecular weight excluding hydrogens is 346 g/mol. The molecule has 9 heteroatoms. The molecule has 0 radical (unpaired) electrons. The average Bonchev–Trinajstić information content (AvgIpc) is 3.07. The zero-order valence-electron chi connectivity index (χ0n) is 15.2. The molecule has 3 aromatic rings. The number of nitrogens with zero attached hydrogens (tertiary/aromatic N) is 6. The van der Waals surface area contributed by atoms with Crippen LogP contribution in [0, 0.1) is 11.3 Å². The number of anilines is 2. The van der Waals surface area contributed by atoms with Crippen LogP contribution in [0.5, 0.6) is 5.75 Å². The molecule has 0 spiro atoms. The molecule has 0 saturated heterocycles. The molecule has 0 amide bonds. The molecule has 3 rings (SSSR count). The first-order valence-corrected chi connectivity index (χ1v) is 8.23. The van der Waals surface area contributed by atoms with Gasteiger partial charge in [-0.1, -0.05) is 0 Å². The van der Waals surface area contributed by atoms with Crippen LogP contribution in [0.4, 0.5) is 11.6 Å². The molecule has 3 aromatic heterocycles. The molecule has 3 heterocycles. The van der Waals surface area contributed by atoms with E-state index in [9.17, 15) is 5.26 Å². The molecule has 0 saturated carbocycles. The fourth-order valence-corrected chi connectivity index (χ4v) is 2.40. The van der Waals surface area contributed by atoms with E-state index in [1.807, 2.05) is 20.2 Å². The number of methoxy groups -OCH3 is 1. The summed E-state index contributed by atoms with van der Waals surface area (Å²) in [6.07, 6.45) is 8.10. The Balaban J connectivity index is 1.80. The van der Waals surface area contributed by atoms with Gasteiger partial charge in [-0.25, -0.2) is 9.97 Å². The first kappa shape index (κ1) is 18.3. The normalized spacial score (nSPS) is 11.6. The van der Waals surface area contributed by atoms with Gasteiger partial charge in [0.2, 0.25) is 5.95 Å². The average molecular weight is 365 g/mol. The molecular formula is C18H19N7O2. The molecule has 0 aliphatic heterocycles. The van der Waals surface area contributed by atoms with Crippen LogP contribution >= 0.6 is 0 Å². The van der Waals surface area contributed by atoms with E-state index in [2.05, 4.69) is 31.4 Å². The Kier molecular flexibility index (Phi) is 5.58. The number of hydrogen-bond acceptors (Lipinski definition) is 8. The van der Waals surface area contributed by atoms with E-state index >= 15 is 0 Å². The molecule has 0 bridgehead atoms. The number of ether oxygens (including phenoxy) is 2. The van der Waals surface area contributed by atoms with Crippen molar-refractivity contribution in [2.75, 3.05) is 19.0 Å². The second-order valence-corrected chi connectivity index (χ2v) is 5.88. The molecule has 9 nitrogen and oxygen atoms in total. The highest BCUT2D eigenvalue weighted by Crippen LogP contribution is 2.25.